The summed E-state index contributed by atoms with van der Waals surface area (Å²) in [7, 11) is 1.90. The Hall–Kier alpha value is -1.69. The number of imidazole rings is 1. The minimum absolute atomic E-state index is 0.422. The molecule has 2 aromatic rings. The first-order valence-corrected chi connectivity index (χ1v) is 6.29. The first kappa shape index (κ1) is 11.4. The van der Waals surface area contributed by atoms with Gasteiger partial charge in [0.25, 0.3) is 5.89 Å². The van der Waals surface area contributed by atoms with E-state index in [0.717, 1.165) is 25.7 Å². The van der Waals surface area contributed by atoms with Gasteiger partial charge in [-0.3, -0.25) is 0 Å². The first-order valence-electron chi connectivity index (χ1n) is 6.29. The third-order valence-electron chi connectivity index (χ3n) is 3.54. The molecule has 6 nitrogen and oxygen atoms in total. The van der Waals surface area contributed by atoms with Gasteiger partial charge in [-0.1, -0.05) is 24.4 Å². The van der Waals surface area contributed by atoms with Gasteiger partial charge in [-0.25, -0.2) is 4.98 Å². The standard InChI is InChI=1S/C12H17N5O/c1-17-7-9(14-8-17)10-15-11(16-18-10)12(13)5-3-2-4-6-12/h7-8H,2-6,13H2,1H3. The van der Waals surface area contributed by atoms with Gasteiger partial charge in [0.1, 0.15) is 5.69 Å². The van der Waals surface area contributed by atoms with E-state index in [4.69, 9.17) is 10.3 Å². The topological polar surface area (TPSA) is 82.8 Å². The lowest BCUT2D eigenvalue weighted by molar-refractivity contribution is 0.275. The van der Waals surface area contributed by atoms with Crippen molar-refractivity contribution in [1.29, 1.82) is 0 Å². The fraction of sp³-hybridized carbons (Fsp3) is 0.583. The van der Waals surface area contributed by atoms with Crippen LogP contribution in [0.4, 0.5) is 0 Å². The van der Waals surface area contributed by atoms with Crippen LogP contribution >= 0.6 is 0 Å². The van der Waals surface area contributed by atoms with Crippen LogP contribution in [0, 0.1) is 0 Å². The van der Waals surface area contributed by atoms with E-state index in [1.807, 2.05) is 17.8 Å². The molecule has 1 aliphatic carbocycles. The molecule has 2 aromatic heterocycles. The first-order chi connectivity index (χ1) is 8.67. The molecule has 1 aliphatic rings. The summed E-state index contributed by atoms with van der Waals surface area (Å²) in [6.07, 6.45) is 8.90. The van der Waals surface area contributed by atoms with Crippen LogP contribution in [0.1, 0.15) is 37.9 Å². The Bertz CT molecular complexity index is 538. The molecule has 0 atom stereocenters. The van der Waals surface area contributed by atoms with E-state index in [0.29, 0.717) is 17.4 Å². The van der Waals surface area contributed by atoms with Gasteiger partial charge in [-0.15, -0.1) is 0 Å². The van der Waals surface area contributed by atoms with Gasteiger partial charge < -0.3 is 14.8 Å². The number of aryl methyl sites for hydroxylation is 1. The Morgan fingerprint density at radius 2 is 2.11 bits per heavy atom. The maximum absolute atomic E-state index is 6.37. The molecule has 0 unspecified atom stereocenters. The van der Waals surface area contributed by atoms with Crippen LogP contribution in [0.5, 0.6) is 0 Å². The highest BCUT2D eigenvalue weighted by Crippen LogP contribution is 2.33. The zero-order chi connectivity index (χ0) is 12.6. The van der Waals surface area contributed by atoms with Crippen LogP contribution in [0.3, 0.4) is 0 Å². The van der Waals surface area contributed by atoms with E-state index in [1.165, 1.54) is 6.42 Å². The van der Waals surface area contributed by atoms with E-state index in [2.05, 4.69) is 15.1 Å². The van der Waals surface area contributed by atoms with Crippen LogP contribution < -0.4 is 5.73 Å². The van der Waals surface area contributed by atoms with Gasteiger partial charge in [0, 0.05) is 13.2 Å². The number of hydrogen-bond acceptors (Lipinski definition) is 5. The molecule has 0 aliphatic heterocycles. The van der Waals surface area contributed by atoms with Crippen molar-refractivity contribution < 1.29 is 4.52 Å². The molecule has 3 rings (SSSR count). The number of hydrogen-bond donors (Lipinski definition) is 1. The Kier molecular flexibility index (Phi) is 2.66. The zero-order valence-electron chi connectivity index (χ0n) is 10.5. The molecule has 1 fully saturated rings. The van der Waals surface area contributed by atoms with Crippen molar-refractivity contribution in [1.82, 2.24) is 19.7 Å². The third kappa shape index (κ3) is 1.92. The van der Waals surface area contributed by atoms with Gasteiger partial charge in [0.05, 0.1) is 11.9 Å². The number of rotatable bonds is 2. The quantitative estimate of drug-likeness (QED) is 0.871. The summed E-state index contributed by atoms with van der Waals surface area (Å²) in [5.41, 5.74) is 6.63. The molecule has 0 spiro atoms. The van der Waals surface area contributed by atoms with Crippen molar-refractivity contribution in [3.05, 3.63) is 18.3 Å². The van der Waals surface area contributed by atoms with E-state index >= 15 is 0 Å². The number of nitrogens with zero attached hydrogens (tertiary/aromatic N) is 4. The summed E-state index contributed by atoms with van der Waals surface area (Å²) >= 11 is 0. The van der Waals surface area contributed by atoms with E-state index in [-0.39, 0.29) is 0 Å². The monoisotopic (exact) mass is 247 g/mol. The van der Waals surface area contributed by atoms with E-state index in [1.54, 1.807) is 6.33 Å². The summed E-state index contributed by atoms with van der Waals surface area (Å²) in [6, 6.07) is 0. The maximum Gasteiger partial charge on any atom is 0.278 e. The Morgan fingerprint density at radius 1 is 1.33 bits per heavy atom. The second-order valence-corrected chi connectivity index (χ2v) is 5.06. The van der Waals surface area contributed by atoms with Crippen LogP contribution in [0.15, 0.2) is 17.0 Å². The van der Waals surface area contributed by atoms with Crippen molar-refractivity contribution in [2.75, 3.05) is 0 Å². The van der Waals surface area contributed by atoms with Crippen LogP contribution in [-0.2, 0) is 12.6 Å². The zero-order valence-corrected chi connectivity index (χ0v) is 10.5. The molecule has 0 aromatic carbocycles. The summed E-state index contributed by atoms with van der Waals surface area (Å²) in [5.74, 6) is 1.06. The lowest BCUT2D eigenvalue weighted by atomic mass is 9.82. The normalized spacial score (nSPS) is 19.0. The molecule has 1 saturated carbocycles. The van der Waals surface area contributed by atoms with Gasteiger partial charge >= 0.3 is 0 Å². The fourth-order valence-electron chi connectivity index (χ4n) is 2.46. The van der Waals surface area contributed by atoms with Crippen LogP contribution in [0.2, 0.25) is 0 Å². The molecule has 0 bridgehead atoms. The molecule has 96 valence electrons. The second-order valence-electron chi connectivity index (χ2n) is 5.06. The largest absolute Gasteiger partial charge is 0.340 e. The maximum atomic E-state index is 6.37. The average Bonchev–Trinajstić information content (AvgIpc) is 2.98. The highest BCUT2D eigenvalue weighted by molar-refractivity contribution is 5.44. The lowest BCUT2D eigenvalue weighted by Crippen LogP contribution is -2.39. The SMILES string of the molecule is Cn1cnc(-c2nc(C3(N)CCCCC3)no2)c1. The fourth-order valence-corrected chi connectivity index (χ4v) is 2.46. The highest BCUT2D eigenvalue weighted by Gasteiger charge is 2.34. The summed E-state index contributed by atoms with van der Waals surface area (Å²) in [6.45, 7) is 0. The van der Waals surface area contributed by atoms with Crippen LogP contribution in [-0.4, -0.2) is 19.7 Å². The molecule has 18 heavy (non-hydrogen) atoms. The molecule has 2 heterocycles. The molecule has 2 N–H and O–H groups in total. The Labute approximate surface area is 105 Å². The predicted octanol–water partition coefficient (Wildman–Crippen LogP) is 1.59. The highest BCUT2D eigenvalue weighted by atomic mass is 16.5. The molecular formula is C12H17N5O. The van der Waals surface area contributed by atoms with Gasteiger partial charge in [-0.05, 0) is 12.8 Å². The molecule has 0 radical (unpaired) electrons. The van der Waals surface area contributed by atoms with E-state index in [9.17, 15) is 0 Å². The van der Waals surface area contributed by atoms with Crippen molar-refractivity contribution in [2.45, 2.75) is 37.6 Å². The predicted molar refractivity (Wildman–Crippen MR) is 65.5 cm³/mol. The Morgan fingerprint density at radius 3 is 2.78 bits per heavy atom. The van der Waals surface area contributed by atoms with Crippen LogP contribution in [0.25, 0.3) is 11.6 Å². The van der Waals surface area contributed by atoms with Crippen molar-refractivity contribution in [2.24, 2.45) is 12.8 Å². The molecule has 0 amide bonds. The Balaban J connectivity index is 1.89. The lowest BCUT2D eigenvalue weighted by Gasteiger charge is -2.29. The molecular weight excluding hydrogens is 230 g/mol. The molecule has 0 saturated heterocycles. The van der Waals surface area contributed by atoms with Gasteiger partial charge in [-0.2, -0.15) is 4.98 Å². The van der Waals surface area contributed by atoms with Gasteiger partial charge in [0.15, 0.2) is 5.82 Å². The minimum Gasteiger partial charge on any atom is -0.340 e. The third-order valence-corrected chi connectivity index (χ3v) is 3.54. The van der Waals surface area contributed by atoms with Crippen molar-refractivity contribution in [3.63, 3.8) is 0 Å². The number of nitrogens with two attached hydrogens (primary N) is 1. The van der Waals surface area contributed by atoms with E-state index < -0.39 is 5.54 Å². The van der Waals surface area contributed by atoms with Crippen molar-refractivity contribution in [3.8, 4) is 11.6 Å². The van der Waals surface area contributed by atoms with Crippen molar-refractivity contribution >= 4 is 0 Å². The molecule has 6 heteroatoms. The number of aromatic nitrogens is 4. The minimum atomic E-state index is -0.422. The second kappa shape index (κ2) is 4.20. The smallest absolute Gasteiger partial charge is 0.278 e. The average molecular weight is 247 g/mol. The summed E-state index contributed by atoms with van der Waals surface area (Å²) < 4.78 is 7.11. The van der Waals surface area contributed by atoms with Gasteiger partial charge in [0.2, 0.25) is 0 Å². The summed E-state index contributed by atoms with van der Waals surface area (Å²) in [5, 5.41) is 4.04. The summed E-state index contributed by atoms with van der Waals surface area (Å²) in [4.78, 5) is 8.60.